The number of amides is 1. The van der Waals surface area contributed by atoms with Crippen molar-refractivity contribution < 1.29 is 27.8 Å². The van der Waals surface area contributed by atoms with Gasteiger partial charge in [0.2, 0.25) is 0 Å². The summed E-state index contributed by atoms with van der Waals surface area (Å²) in [4.78, 5) is 23.5. The Morgan fingerprint density at radius 2 is 1.60 bits per heavy atom. The first-order valence-corrected chi connectivity index (χ1v) is 13.2. The Kier molecular flexibility index (Phi) is 9.32. The largest absolute Gasteiger partial charge is 0.497 e. The van der Waals surface area contributed by atoms with Crippen LogP contribution in [-0.2, 0) is 16.0 Å². The molecule has 0 radical (unpaired) electrons. The molecule has 3 N–H and O–H groups in total. The number of para-hydroxylation sites is 2. The highest BCUT2D eigenvalue weighted by atomic mass is 32.2. The Morgan fingerprint density at radius 3 is 2.23 bits per heavy atom. The Morgan fingerprint density at radius 1 is 0.925 bits per heavy atom. The molecule has 4 rings (SSSR count). The first-order valence-electron chi connectivity index (χ1n) is 12.1. The van der Waals surface area contributed by atoms with Crippen LogP contribution in [0.3, 0.4) is 0 Å². The Balaban J connectivity index is 1.73. The molecular weight excluding hydrogens is 536 g/mol. The third kappa shape index (κ3) is 7.14. The summed E-state index contributed by atoms with van der Waals surface area (Å²) in [6.45, 7) is 0.780. The molecule has 1 aromatic heterocycles. The molecule has 1 amide bonds. The highest BCUT2D eigenvalue weighted by Crippen LogP contribution is 2.36. The number of hydrogen-bond acceptors (Lipinski definition) is 9. The summed E-state index contributed by atoms with van der Waals surface area (Å²) in [5.41, 5.74) is 2.29. The average Bonchev–Trinajstić information content (AvgIpc) is 2.93. The first kappa shape index (κ1) is 28.5. The molecule has 0 saturated carbocycles. The van der Waals surface area contributed by atoms with E-state index in [1.54, 1.807) is 54.6 Å². The van der Waals surface area contributed by atoms with Crippen LogP contribution in [-0.4, -0.2) is 71.2 Å². The molecule has 0 aliphatic heterocycles. The number of likely N-dealkylation sites (N-methyl/N-ethyl adjacent to an activating group) is 1. The second-order valence-electron chi connectivity index (χ2n) is 8.75. The number of benzene rings is 3. The van der Waals surface area contributed by atoms with Crippen LogP contribution in [0.1, 0.15) is 0 Å². The van der Waals surface area contributed by atoms with Gasteiger partial charge in [0.25, 0.3) is 11.3 Å². The molecule has 0 aliphatic rings. The van der Waals surface area contributed by atoms with Crippen LogP contribution >= 0.6 is 0 Å². The maximum atomic E-state index is 12.8. The highest BCUT2D eigenvalue weighted by molar-refractivity contribution is 7.81. The van der Waals surface area contributed by atoms with Gasteiger partial charge in [-0.1, -0.05) is 18.2 Å². The van der Waals surface area contributed by atoms with Gasteiger partial charge in [-0.3, -0.25) is 9.87 Å². The maximum Gasteiger partial charge on any atom is 0.411 e. The fraction of sp³-hybridized carbons (Fsp3) is 0.222. The standard InChI is InChI=1S/C27H30N6O6S/c1-32(2)12-13-39-27(34)29-18-8-7-9-20(14-18)33(40(35)36)26-25(30-23-10-5-6-11-24(23)31-26)28-19-15-21(37-3)17-22(16-19)38-4/h5-11,14-17H,12-13H2,1-4H3,(H,28,30)(H,29,34)(H,35,36). The molecule has 0 spiro atoms. The molecule has 1 atom stereocenters. The van der Waals surface area contributed by atoms with Crippen molar-refractivity contribution in [2.75, 3.05) is 56.4 Å². The SMILES string of the molecule is COc1cc(Nc2nc3ccccc3nc2N(c2cccc(NC(=O)OCCN(C)C)c2)S(=O)O)cc(OC)c1. The van der Waals surface area contributed by atoms with Crippen LogP contribution in [0.4, 0.5) is 33.5 Å². The van der Waals surface area contributed by atoms with Crippen LogP contribution in [0.2, 0.25) is 0 Å². The lowest BCUT2D eigenvalue weighted by Crippen LogP contribution is -2.23. The van der Waals surface area contributed by atoms with E-state index in [2.05, 4.69) is 15.6 Å². The average molecular weight is 567 g/mol. The highest BCUT2D eigenvalue weighted by Gasteiger charge is 2.24. The fourth-order valence-corrected chi connectivity index (χ4v) is 4.27. The number of methoxy groups -OCH3 is 2. The van der Waals surface area contributed by atoms with Gasteiger partial charge in [0.15, 0.2) is 11.6 Å². The van der Waals surface area contributed by atoms with Crippen LogP contribution in [0, 0.1) is 0 Å². The zero-order valence-corrected chi connectivity index (χ0v) is 23.3. The maximum absolute atomic E-state index is 12.8. The zero-order chi connectivity index (χ0) is 28.6. The summed E-state index contributed by atoms with van der Waals surface area (Å²) >= 11 is -2.57. The van der Waals surface area contributed by atoms with E-state index in [0.717, 1.165) is 4.31 Å². The number of aromatic nitrogens is 2. The van der Waals surface area contributed by atoms with Crippen molar-refractivity contribution in [1.82, 2.24) is 14.9 Å². The van der Waals surface area contributed by atoms with Crippen LogP contribution < -0.4 is 24.4 Å². The number of nitrogens with one attached hydrogen (secondary N) is 2. The number of ether oxygens (including phenoxy) is 3. The number of fused-ring (bicyclic) bond motifs is 1. The summed E-state index contributed by atoms with van der Waals surface area (Å²) in [6, 6.07) is 18.8. The van der Waals surface area contributed by atoms with Crippen molar-refractivity contribution in [2.24, 2.45) is 0 Å². The number of nitrogens with zero attached hydrogens (tertiary/aromatic N) is 4. The van der Waals surface area contributed by atoms with Gasteiger partial charge in [0.1, 0.15) is 18.1 Å². The quantitative estimate of drug-likeness (QED) is 0.218. The molecule has 4 aromatic rings. The van der Waals surface area contributed by atoms with E-state index in [-0.39, 0.29) is 23.9 Å². The smallest absolute Gasteiger partial charge is 0.411 e. The molecule has 0 aliphatic carbocycles. The van der Waals surface area contributed by atoms with E-state index in [4.69, 9.17) is 19.2 Å². The van der Waals surface area contributed by atoms with Crippen LogP contribution in [0.25, 0.3) is 11.0 Å². The first-order chi connectivity index (χ1) is 19.3. The second kappa shape index (κ2) is 13.1. The van der Waals surface area contributed by atoms with Gasteiger partial charge in [-0.05, 0) is 44.4 Å². The molecule has 40 heavy (non-hydrogen) atoms. The summed E-state index contributed by atoms with van der Waals surface area (Å²) in [7, 11) is 6.82. The Bertz CT molecular complexity index is 1500. The molecule has 0 fully saturated rings. The predicted molar refractivity (Wildman–Crippen MR) is 155 cm³/mol. The second-order valence-corrected chi connectivity index (χ2v) is 9.58. The van der Waals surface area contributed by atoms with Crippen LogP contribution in [0.5, 0.6) is 11.5 Å². The van der Waals surface area contributed by atoms with E-state index in [9.17, 15) is 13.6 Å². The van der Waals surface area contributed by atoms with Crippen molar-refractivity contribution in [1.29, 1.82) is 0 Å². The molecule has 1 unspecified atom stereocenters. The minimum Gasteiger partial charge on any atom is -0.497 e. The topological polar surface area (TPSA) is 138 Å². The zero-order valence-electron chi connectivity index (χ0n) is 22.5. The van der Waals surface area contributed by atoms with Gasteiger partial charge in [0, 0.05) is 36.1 Å². The molecule has 12 nitrogen and oxygen atoms in total. The van der Waals surface area contributed by atoms with Crippen molar-refractivity contribution >= 4 is 57.1 Å². The molecule has 210 valence electrons. The molecule has 1 heterocycles. The summed E-state index contributed by atoms with van der Waals surface area (Å²) in [5, 5.41) is 5.83. The van der Waals surface area contributed by atoms with Crippen LogP contribution in [0.15, 0.2) is 66.7 Å². The van der Waals surface area contributed by atoms with E-state index >= 15 is 0 Å². The Hall–Kier alpha value is -4.46. The normalized spacial score (nSPS) is 11.7. The molecule has 0 saturated heterocycles. The number of hydrogen-bond donors (Lipinski definition) is 3. The van der Waals surface area contributed by atoms with Gasteiger partial charge in [0.05, 0.1) is 30.9 Å². The van der Waals surface area contributed by atoms with E-state index in [1.165, 1.54) is 20.3 Å². The fourth-order valence-electron chi connectivity index (χ4n) is 3.70. The Labute approximate surface area is 234 Å². The number of anilines is 5. The third-order valence-corrected chi connectivity index (χ3v) is 6.31. The van der Waals surface area contributed by atoms with Crippen molar-refractivity contribution in [3.63, 3.8) is 0 Å². The lowest BCUT2D eigenvalue weighted by Gasteiger charge is -2.23. The predicted octanol–water partition coefficient (Wildman–Crippen LogP) is 4.78. The van der Waals surface area contributed by atoms with Gasteiger partial charge in [-0.2, -0.15) is 0 Å². The summed E-state index contributed by atoms with van der Waals surface area (Å²) < 4.78 is 40.2. The van der Waals surface area contributed by atoms with Crippen molar-refractivity contribution in [2.45, 2.75) is 0 Å². The van der Waals surface area contributed by atoms with Gasteiger partial charge < -0.3 is 24.4 Å². The summed E-state index contributed by atoms with van der Waals surface area (Å²) in [6.07, 6.45) is -0.643. The number of carbonyl (C=O) groups is 1. The van der Waals surface area contributed by atoms with Crippen molar-refractivity contribution in [3.05, 3.63) is 66.7 Å². The lowest BCUT2D eigenvalue weighted by atomic mass is 10.2. The van der Waals surface area contributed by atoms with E-state index in [1.807, 2.05) is 25.1 Å². The minimum absolute atomic E-state index is 0.0760. The van der Waals surface area contributed by atoms with Crippen molar-refractivity contribution in [3.8, 4) is 11.5 Å². The van der Waals surface area contributed by atoms with E-state index in [0.29, 0.717) is 40.5 Å². The number of rotatable bonds is 11. The van der Waals surface area contributed by atoms with Gasteiger partial charge in [-0.15, -0.1) is 0 Å². The minimum atomic E-state index is -2.57. The lowest BCUT2D eigenvalue weighted by molar-refractivity contribution is 0.151. The molecule has 3 aromatic carbocycles. The summed E-state index contributed by atoms with van der Waals surface area (Å²) in [5.74, 6) is 1.36. The van der Waals surface area contributed by atoms with Gasteiger partial charge >= 0.3 is 6.09 Å². The molecule has 0 bridgehead atoms. The van der Waals surface area contributed by atoms with E-state index < -0.39 is 17.4 Å². The van der Waals surface area contributed by atoms with Gasteiger partial charge in [-0.25, -0.2) is 23.3 Å². The molecular formula is C27H30N6O6S. The monoisotopic (exact) mass is 566 g/mol. The third-order valence-electron chi connectivity index (χ3n) is 5.61. The number of carbonyl (C=O) groups excluding carboxylic acids is 1. The molecule has 13 heteroatoms.